The maximum Gasteiger partial charge on any atom is 0.310 e. The third-order valence-corrected chi connectivity index (χ3v) is 6.91. The normalized spacial score (nSPS) is 30.9. The quantitative estimate of drug-likeness (QED) is 0.702. The Labute approximate surface area is 146 Å². The van der Waals surface area contributed by atoms with E-state index in [2.05, 4.69) is 0 Å². The molecule has 0 radical (unpaired) electrons. The third-order valence-electron chi connectivity index (χ3n) is 4.90. The fourth-order valence-corrected chi connectivity index (χ4v) is 4.84. The maximum atomic E-state index is 13.3. The summed E-state index contributed by atoms with van der Waals surface area (Å²) in [6.45, 7) is 0.109. The van der Waals surface area contributed by atoms with Crippen LogP contribution >= 0.6 is 0 Å². The van der Waals surface area contributed by atoms with Crippen LogP contribution in [0.2, 0.25) is 0 Å². The Kier molecular flexibility index (Phi) is 6.73. The monoisotopic (exact) mass is 378 g/mol. The number of rotatable bonds is 8. The highest BCUT2D eigenvalue weighted by molar-refractivity contribution is 7.92. The highest BCUT2D eigenvalue weighted by atomic mass is 32.2. The number of carboxylic acid groups (broad SMARTS) is 1. The van der Waals surface area contributed by atoms with Gasteiger partial charge < -0.3 is 9.84 Å². The molecule has 0 aromatic rings. The summed E-state index contributed by atoms with van der Waals surface area (Å²) in [5.41, 5.74) is 0.503. The molecule has 0 spiro atoms. The number of hydrogen-bond acceptors (Lipinski definition) is 4. The smallest absolute Gasteiger partial charge is 0.310 e. The molecular formula is C17H24F2O5S. The van der Waals surface area contributed by atoms with Gasteiger partial charge in [0.05, 0.1) is 23.5 Å². The second-order valence-corrected chi connectivity index (χ2v) is 9.03. The summed E-state index contributed by atoms with van der Waals surface area (Å²) in [5, 5.41) is 8.77. The average molecular weight is 378 g/mol. The zero-order valence-corrected chi connectivity index (χ0v) is 14.9. The van der Waals surface area contributed by atoms with E-state index in [0.717, 1.165) is 0 Å². The van der Waals surface area contributed by atoms with Gasteiger partial charge in [0.25, 0.3) is 0 Å². The van der Waals surface area contributed by atoms with Crippen LogP contribution in [-0.2, 0) is 19.4 Å². The molecule has 25 heavy (non-hydrogen) atoms. The minimum absolute atomic E-state index is 0.0377. The highest BCUT2D eigenvalue weighted by Gasteiger charge is 2.37. The lowest BCUT2D eigenvalue weighted by molar-refractivity contribution is -0.140. The molecule has 0 aromatic carbocycles. The Morgan fingerprint density at radius 2 is 2.00 bits per heavy atom. The van der Waals surface area contributed by atoms with E-state index in [-0.39, 0.29) is 44.0 Å². The molecule has 2 aliphatic rings. The Balaban J connectivity index is 2.02. The lowest BCUT2D eigenvalue weighted by Gasteiger charge is -2.22. The van der Waals surface area contributed by atoms with E-state index in [1.807, 2.05) is 0 Å². The van der Waals surface area contributed by atoms with Crippen LogP contribution in [0.1, 0.15) is 25.7 Å². The summed E-state index contributed by atoms with van der Waals surface area (Å²) in [7, 11) is -1.93. The number of allylic oxidation sites excluding steroid dienone is 2. The van der Waals surface area contributed by atoms with Crippen molar-refractivity contribution < 1.29 is 31.8 Å². The molecule has 0 bridgehead atoms. The van der Waals surface area contributed by atoms with Crippen molar-refractivity contribution in [2.45, 2.75) is 43.3 Å². The van der Waals surface area contributed by atoms with Crippen LogP contribution in [0.15, 0.2) is 23.8 Å². The molecule has 5 nitrogen and oxygen atoms in total. The molecule has 2 aliphatic carbocycles. The number of carboxylic acids is 1. The summed E-state index contributed by atoms with van der Waals surface area (Å²) < 4.78 is 55.7. The summed E-state index contributed by atoms with van der Waals surface area (Å²) in [6.07, 6.45) is 2.02. The lowest BCUT2D eigenvalue weighted by Crippen LogP contribution is -2.27. The predicted octanol–water partition coefficient (Wildman–Crippen LogP) is 2.48. The maximum absolute atomic E-state index is 13.3. The van der Waals surface area contributed by atoms with Crippen molar-refractivity contribution in [1.29, 1.82) is 0 Å². The van der Waals surface area contributed by atoms with Crippen molar-refractivity contribution in [2.24, 2.45) is 11.8 Å². The number of aliphatic carboxylic acids is 1. The number of alkyl halides is 2. The second-order valence-electron chi connectivity index (χ2n) is 6.69. The van der Waals surface area contributed by atoms with E-state index < -0.39 is 39.3 Å². The van der Waals surface area contributed by atoms with Gasteiger partial charge in [0, 0.05) is 7.11 Å². The second kappa shape index (κ2) is 8.40. The molecule has 8 heteroatoms. The fourth-order valence-electron chi connectivity index (χ4n) is 3.43. The molecule has 5 atom stereocenters. The van der Waals surface area contributed by atoms with Crippen LogP contribution < -0.4 is 0 Å². The van der Waals surface area contributed by atoms with Gasteiger partial charge in [0.1, 0.15) is 12.3 Å². The Morgan fingerprint density at radius 1 is 1.36 bits per heavy atom. The van der Waals surface area contributed by atoms with Crippen molar-refractivity contribution in [2.75, 3.05) is 19.5 Å². The topological polar surface area (TPSA) is 80.7 Å². The van der Waals surface area contributed by atoms with Gasteiger partial charge in [-0.2, -0.15) is 0 Å². The van der Waals surface area contributed by atoms with Gasteiger partial charge in [-0.1, -0.05) is 18.2 Å². The molecule has 1 saturated carbocycles. The van der Waals surface area contributed by atoms with Crippen LogP contribution in [0.5, 0.6) is 0 Å². The SMILES string of the molecule is COCCS(=O)(=O)C1C=CC(C(CC2C[C@@H](F)[C@@H](F)C2)C(=O)O)=CC1. The standard InChI is InChI=1S/C17H24F2O5S/c1-24-6-7-25(22,23)13-4-2-12(3-5-13)14(17(20)21)8-11-9-15(18)16(19)10-11/h2-4,11,13-16H,5-10H2,1H3,(H,20,21)/t11?,13?,14?,15-,16+. The molecule has 0 amide bonds. The van der Waals surface area contributed by atoms with Gasteiger partial charge in [0.15, 0.2) is 9.84 Å². The summed E-state index contributed by atoms with van der Waals surface area (Å²) >= 11 is 0. The van der Waals surface area contributed by atoms with E-state index in [0.29, 0.717) is 5.57 Å². The first kappa shape index (κ1) is 20.0. The number of carbonyl (C=O) groups is 1. The summed E-state index contributed by atoms with van der Waals surface area (Å²) in [5.74, 6) is -2.35. The van der Waals surface area contributed by atoms with Crippen LogP contribution in [0, 0.1) is 11.8 Å². The molecule has 0 aliphatic heterocycles. The van der Waals surface area contributed by atoms with Gasteiger partial charge in [-0.15, -0.1) is 0 Å². The first-order chi connectivity index (χ1) is 11.7. The minimum atomic E-state index is -3.35. The zero-order valence-electron chi connectivity index (χ0n) is 14.1. The largest absolute Gasteiger partial charge is 0.481 e. The molecule has 2 rings (SSSR count). The fraction of sp³-hybridized carbons (Fsp3) is 0.706. The van der Waals surface area contributed by atoms with Gasteiger partial charge in [0.2, 0.25) is 0 Å². The van der Waals surface area contributed by atoms with E-state index >= 15 is 0 Å². The van der Waals surface area contributed by atoms with Crippen LogP contribution in [-0.4, -0.2) is 56.6 Å². The Hall–Kier alpha value is -1.28. The molecule has 1 fully saturated rings. The number of sulfone groups is 1. The van der Waals surface area contributed by atoms with E-state index in [9.17, 15) is 27.1 Å². The van der Waals surface area contributed by atoms with Crippen LogP contribution in [0.3, 0.4) is 0 Å². The van der Waals surface area contributed by atoms with Gasteiger partial charge in [-0.25, -0.2) is 17.2 Å². The van der Waals surface area contributed by atoms with Crippen molar-refractivity contribution in [1.82, 2.24) is 0 Å². The molecule has 0 aromatic heterocycles. The van der Waals surface area contributed by atoms with Crippen LogP contribution in [0.25, 0.3) is 0 Å². The van der Waals surface area contributed by atoms with E-state index in [1.165, 1.54) is 19.3 Å². The first-order valence-electron chi connectivity index (χ1n) is 8.34. The number of hydrogen-bond donors (Lipinski definition) is 1. The summed E-state index contributed by atoms with van der Waals surface area (Å²) in [6, 6.07) is 0. The molecule has 0 heterocycles. The van der Waals surface area contributed by atoms with Crippen molar-refractivity contribution in [3.63, 3.8) is 0 Å². The van der Waals surface area contributed by atoms with Crippen LogP contribution in [0.4, 0.5) is 8.78 Å². The number of halogens is 2. The molecule has 142 valence electrons. The average Bonchev–Trinajstić information content (AvgIpc) is 2.88. The predicted molar refractivity (Wildman–Crippen MR) is 89.5 cm³/mol. The highest BCUT2D eigenvalue weighted by Crippen LogP contribution is 2.37. The molecule has 1 N–H and O–H groups in total. The zero-order chi connectivity index (χ0) is 18.6. The van der Waals surface area contributed by atoms with E-state index in [1.54, 1.807) is 6.08 Å². The van der Waals surface area contributed by atoms with Gasteiger partial charge in [-0.05, 0) is 37.2 Å². The minimum Gasteiger partial charge on any atom is -0.481 e. The molecule has 0 saturated heterocycles. The van der Waals surface area contributed by atoms with E-state index in [4.69, 9.17) is 4.74 Å². The first-order valence-corrected chi connectivity index (χ1v) is 10.1. The molecule has 3 unspecified atom stereocenters. The third kappa shape index (κ3) is 5.10. The van der Waals surface area contributed by atoms with Crippen molar-refractivity contribution in [3.8, 4) is 0 Å². The number of methoxy groups -OCH3 is 1. The number of ether oxygens (including phenoxy) is 1. The summed E-state index contributed by atoms with van der Waals surface area (Å²) in [4.78, 5) is 11.6. The van der Waals surface area contributed by atoms with Gasteiger partial charge >= 0.3 is 5.97 Å². The molecular weight excluding hydrogens is 354 g/mol. The van der Waals surface area contributed by atoms with Gasteiger partial charge in [-0.3, -0.25) is 4.79 Å². The Morgan fingerprint density at radius 3 is 2.48 bits per heavy atom. The Bertz CT molecular complexity index is 633. The van der Waals surface area contributed by atoms with Crippen molar-refractivity contribution in [3.05, 3.63) is 23.8 Å². The lowest BCUT2D eigenvalue weighted by atomic mass is 9.85. The van der Waals surface area contributed by atoms with Crippen molar-refractivity contribution >= 4 is 15.8 Å².